The van der Waals surface area contributed by atoms with Gasteiger partial charge in [0, 0.05) is 16.1 Å². The van der Waals surface area contributed by atoms with E-state index in [1.54, 1.807) is 0 Å². The van der Waals surface area contributed by atoms with Gasteiger partial charge in [-0.2, -0.15) is 0 Å². The molecule has 0 amide bonds. The van der Waals surface area contributed by atoms with Gasteiger partial charge < -0.3 is 10.3 Å². The molecule has 0 bridgehead atoms. The van der Waals surface area contributed by atoms with Crippen molar-refractivity contribution < 1.29 is 4.52 Å². The molecule has 0 aliphatic carbocycles. The van der Waals surface area contributed by atoms with E-state index in [4.69, 9.17) is 21.9 Å². The molecule has 1 aromatic heterocycles. The molecule has 0 spiro atoms. The van der Waals surface area contributed by atoms with Crippen LogP contribution in [0.5, 0.6) is 0 Å². The first-order valence-corrected chi connectivity index (χ1v) is 4.54. The maximum absolute atomic E-state index is 5.86. The number of nitrogen functional groups attached to an aromatic ring is 1. The molecular weight excluding hydrogens is 200 g/mol. The van der Waals surface area contributed by atoms with Crippen molar-refractivity contribution in [2.75, 3.05) is 5.73 Å². The quantitative estimate of drug-likeness (QED) is 0.784. The monoisotopic (exact) mass is 208 g/mol. The number of hydrogen-bond acceptors (Lipinski definition) is 3. The number of anilines is 1. The molecule has 14 heavy (non-hydrogen) atoms. The van der Waals surface area contributed by atoms with E-state index in [0.29, 0.717) is 10.9 Å². The molecule has 3 nitrogen and oxygen atoms in total. The molecule has 0 aliphatic rings. The highest BCUT2D eigenvalue weighted by Crippen LogP contribution is 2.27. The summed E-state index contributed by atoms with van der Waals surface area (Å²) in [4.78, 5) is 0. The second-order valence-corrected chi connectivity index (χ2v) is 3.47. The number of hydrogen-bond donors (Lipinski definition) is 1. The Balaban J connectivity index is 2.55. The minimum Gasteiger partial charge on any atom is -0.367 e. The van der Waals surface area contributed by atoms with Gasteiger partial charge in [-0.3, -0.25) is 0 Å². The summed E-state index contributed by atoms with van der Waals surface area (Å²) >= 11 is 5.86. The van der Waals surface area contributed by atoms with Crippen molar-refractivity contribution in [3.63, 3.8) is 0 Å². The van der Waals surface area contributed by atoms with E-state index >= 15 is 0 Å². The van der Waals surface area contributed by atoms with Gasteiger partial charge in [-0.15, -0.1) is 0 Å². The van der Waals surface area contributed by atoms with Crippen LogP contribution in [0.3, 0.4) is 0 Å². The number of aromatic nitrogens is 1. The summed E-state index contributed by atoms with van der Waals surface area (Å²) in [5.74, 6) is 0.347. The smallest absolute Gasteiger partial charge is 0.225 e. The summed E-state index contributed by atoms with van der Waals surface area (Å²) in [5.41, 5.74) is 8.05. The Morgan fingerprint density at radius 1 is 1.43 bits per heavy atom. The lowest BCUT2D eigenvalue weighted by Crippen LogP contribution is -1.84. The fourth-order valence-corrected chi connectivity index (χ4v) is 1.44. The van der Waals surface area contributed by atoms with Crippen LogP contribution in [0.4, 0.5) is 5.88 Å². The molecule has 2 N–H and O–H groups in total. The highest BCUT2D eigenvalue weighted by Gasteiger charge is 2.10. The first-order chi connectivity index (χ1) is 6.68. The lowest BCUT2D eigenvalue weighted by atomic mass is 10.1. The van der Waals surface area contributed by atoms with Gasteiger partial charge in [0.05, 0.1) is 0 Å². The number of nitrogens with two attached hydrogens (primary N) is 1. The van der Waals surface area contributed by atoms with Gasteiger partial charge in [-0.25, -0.2) is 0 Å². The summed E-state index contributed by atoms with van der Waals surface area (Å²) in [6.45, 7) is 1.86. The second kappa shape index (κ2) is 3.35. The third kappa shape index (κ3) is 1.46. The Hall–Kier alpha value is -1.48. The Kier molecular flexibility index (Phi) is 2.17. The van der Waals surface area contributed by atoms with Crippen molar-refractivity contribution in [2.24, 2.45) is 0 Å². The first-order valence-electron chi connectivity index (χ1n) is 4.16. The van der Waals surface area contributed by atoms with Gasteiger partial charge in [-0.05, 0) is 19.1 Å². The van der Waals surface area contributed by atoms with Crippen LogP contribution in [0.2, 0.25) is 5.02 Å². The fourth-order valence-electron chi connectivity index (χ4n) is 1.25. The maximum Gasteiger partial charge on any atom is 0.225 e. The van der Waals surface area contributed by atoms with E-state index < -0.39 is 0 Å². The molecule has 1 aromatic carbocycles. The lowest BCUT2D eigenvalue weighted by Gasteiger charge is -1.97. The zero-order valence-electron chi connectivity index (χ0n) is 7.62. The molecule has 2 rings (SSSR count). The van der Waals surface area contributed by atoms with E-state index in [1.807, 2.05) is 31.2 Å². The summed E-state index contributed by atoms with van der Waals surface area (Å²) in [5, 5.41) is 4.54. The number of nitrogens with zero attached hydrogens (tertiary/aromatic N) is 1. The third-order valence-electron chi connectivity index (χ3n) is 2.06. The van der Waals surface area contributed by atoms with Crippen LogP contribution in [-0.2, 0) is 0 Å². The molecule has 0 atom stereocenters. The summed E-state index contributed by atoms with van der Waals surface area (Å²) in [7, 11) is 0. The second-order valence-electron chi connectivity index (χ2n) is 3.03. The van der Waals surface area contributed by atoms with E-state index in [0.717, 1.165) is 16.8 Å². The van der Waals surface area contributed by atoms with E-state index in [1.165, 1.54) is 0 Å². The van der Waals surface area contributed by atoms with Gasteiger partial charge in [0.15, 0.2) is 0 Å². The summed E-state index contributed by atoms with van der Waals surface area (Å²) in [6.07, 6.45) is 0. The van der Waals surface area contributed by atoms with Crippen LogP contribution >= 0.6 is 11.6 Å². The number of halogens is 1. The highest BCUT2D eigenvalue weighted by molar-refractivity contribution is 6.30. The van der Waals surface area contributed by atoms with Gasteiger partial charge in [0.25, 0.3) is 0 Å². The normalized spacial score (nSPS) is 10.4. The van der Waals surface area contributed by atoms with Crippen LogP contribution in [0.1, 0.15) is 5.56 Å². The molecule has 4 heteroatoms. The Labute approximate surface area is 86.5 Å². The van der Waals surface area contributed by atoms with Crippen LogP contribution < -0.4 is 5.73 Å². The fraction of sp³-hybridized carbons (Fsp3) is 0.100. The van der Waals surface area contributed by atoms with Gasteiger partial charge in [0.1, 0.15) is 5.69 Å². The molecule has 0 saturated heterocycles. The maximum atomic E-state index is 5.86. The number of rotatable bonds is 1. The summed E-state index contributed by atoms with van der Waals surface area (Å²) < 4.78 is 4.87. The predicted octanol–water partition coefficient (Wildman–Crippen LogP) is 2.89. The molecule has 1 heterocycles. The molecule has 0 aliphatic heterocycles. The zero-order valence-corrected chi connectivity index (χ0v) is 8.38. The van der Waals surface area contributed by atoms with Crippen LogP contribution in [0.25, 0.3) is 11.3 Å². The number of benzene rings is 1. The minimum atomic E-state index is 0.347. The molecular formula is C10H9ClN2O. The molecule has 0 fully saturated rings. The van der Waals surface area contributed by atoms with Gasteiger partial charge >= 0.3 is 0 Å². The van der Waals surface area contributed by atoms with Crippen molar-refractivity contribution in [1.29, 1.82) is 0 Å². The standard InChI is InChI=1S/C10H9ClN2O/c1-6-9(13-14-10(6)12)7-3-2-4-8(11)5-7/h2-5H,12H2,1H3. The largest absolute Gasteiger partial charge is 0.367 e. The predicted molar refractivity (Wildman–Crippen MR) is 56.1 cm³/mol. The van der Waals surface area contributed by atoms with Crippen molar-refractivity contribution >= 4 is 17.5 Å². The Morgan fingerprint density at radius 2 is 2.21 bits per heavy atom. The molecule has 0 radical (unpaired) electrons. The summed E-state index contributed by atoms with van der Waals surface area (Å²) in [6, 6.07) is 7.41. The van der Waals surface area contributed by atoms with Gasteiger partial charge in [0.2, 0.25) is 5.88 Å². The van der Waals surface area contributed by atoms with Crippen LogP contribution in [0.15, 0.2) is 28.8 Å². The Bertz CT molecular complexity index is 465. The van der Waals surface area contributed by atoms with Crippen LogP contribution in [0, 0.1) is 6.92 Å². The van der Waals surface area contributed by atoms with Crippen molar-refractivity contribution in [3.05, 3.63) is 34.9 Å². The molecule has 0 unspecified atom stereocenters. The molecule has 72 valence electrons. The first kappa shape index (κ1) is 9.09. The molecule has 2 aromatic rings. The van der Waals surface area contributed by atoms with Crippen molar-refractivity contribution in [1.82, 2.24) is 5.16 Å². The molecule has 0 saturated carbocycles. The Morgan fingerprint density at radius 3 is 2.79 bits per heavy atom. The van der Waals surface area contributed by atoms with Crippen molar-refractivity contribution in [2.45, 2.75) is 6.92 Å². The lowest BCUT2D eigenvalue weighted by molar-refractivity contribution is 0.439. The zero-order chi connectivity index (χ0) is 10.1. The van der Waals surface area contributed by atoms with Crippen LogP contribution in [-0.4, -0.2) is 5.16 Å². The van der Waals surface area contributed by atoms with E-state index in [9.17, 15) is 0 Å². The van der Waals surface area contributed by atoms with E-state index in [2.05, 4.69) is 5.16 Å². The average Bonchev–Trinajstić information content (AvgIpc) is 2.48. The van der Waals surface area contributed by atoms with Crippen molar-refractivity contribution in [3.8, 4) is 11.3 Å². The average molecular weight is 209 g/mol. The third-order valence-corrected chi connectivity index (χ3v) is 2.29. The minimum absolute atomic E-state index is 0.347. The SMILES string of the molecule is Cc1c(-c2cccc(Cl)c2)noc1N. The highest BCUT2D eigenvalue weighted by atomic mass is 35.5. The topological polar surface area (TPSA) is 52.0 Å². The van der Waals surface area contributed by atoms with E-state index in [-0.39, 0.29) is 0 Å². The van der Waals surface area contributed by atoms with Gasteiger partial charge in [-0.1, -0.05) is 28.9 Å².